The largest absolute Gasteiger partial charge is 0.497 e. The lowest BCUT2D eigenvalue weighted by Gasteiger charge is -2.22. The molecule has 3 aromatic rings. The van der Waals surface area contributed by atoms with Gasteiger partial charge in [-0.05, 0) is 81.1 Å². The first-order valence-corrected chi connectivity index (χ1v) is 12.4. The van der Waals surface area contributed by atoms with E-state index >= 15 is 0 Å². The van der Waals surface area contributed by atoms with E-state index in [1.807, 2.05) is 44.2 Å². The van der Waals surface area contributed by atoms with Crippen LogP contribution in [0.4, 0.5) is 0 Å². The normalized spacial score (nSPS) is 12.4. The summed E-state index contributed by atoms with van der Waals surface area (Å²) < 4.78 is 39.4. The molecule has 1 N–H and O–H groups in total. The highest BCUT2D eigenvalue weighted by Gasteiger charge is 2.28. The third-order valence-electron chi connectivity index (χ3n) is 5.98. The number of methoxy groups -OCH3 is 1. The van der Waals surface area contributed by atoms with Crippen molar-refractivity contribution in [3.05, 3.63) is 64.4 Å². The average Bonchev–Trinajstić information content (AvgIpc) is 3.25. The molecule has 0 fully saturated rings. The standard InChI is InChI=1S/C25H31N3O5S/c1-15-12-16(2)18(4)24(17(15)3)34(30,31)27-19(5)25(29)28(6)14-22-13-23(26-33-22)20-8-10-21(32-7)11-9-20/h8-13,19,27H,14H2,1-7H3/t19-/m0/s1. The number of hydrogen-bond acceptors (Lipinski definition) is 6. The Hall–Kier alpha value is -3.17. The molecule has 9 heteroatoms. The van der Waals surface area contributed by atoms with Crippen LogP contribution in [0.2, 0.25) is 0 Å². The van der Waals surface area contributed by atoms with Crippen molar-refractivity contribution in [2.45, 2.75) is 52.1 Å². The lowest BCUT2D eigenvalue weighted by atomic mass is 10.0. The Labute approximate surface area is 201 Å². The Morgan fingerprint density at radius 2 is 1.68 bits per heavy atom. The zero-order valence-electron chi connectivity index (χ0n) is 20.6. The van der Waals surface area contributed by atoms with E-state index in [1.165, 1.54) is 11.8 Å². The zero-order valence-corrected chi connectivity index (χ0v) is 21.4. The predicted octanol–water partition coefficient (Wildman–Crippen LogP) is 3.91. The monoisotopic (exact) mass is 485 g/mol. The van der Waals surface area contributed by atoms with Crippen LogP contribution in [0.5, 0.6) is 5.75 Å². The van der Waals surface area contributed by atoms with Crippen LogP contribution in [0, 0.1) is 27.7 Å². The molecular formula is C25H31N3O5S. The summed E-state index contributed by atoms with van der Waals surface area (Å²) in [4.78, 5) is 14.6. The highest BCUT2D eigenvalue weighted by atomic mass is 32.2. The van der Waals surface area contributed by atoms with Crippen LogP contribution < -0.4 is 9.46 Å². The SMILES string of the molecule is COc1ccc(-c2cc(CN(C)C(=O)[C@H](C)NS(=O)(=O)c3c(C)c(C)cc(C)c3C)on2)cc1. The van der Waals surface area contributed by atoms with Gasteiger partial charge in [0, 0.05) is 18.7 Å². The second kappa shape index (κ2) is 9.99. The molecule has 2 aromatic carbocycles. The number of hydrogen-bond donors (Lipinski definition) is 1. The van der Waals surface area contributed by atoms with Crippen LogP contribution in [-0.2, 0) is 21.4 Å². The number of nitrogens with zero attached hydrogens (tertiary/aromatic N) is 2. The van der Waals surface area contributed by atoms with Crippen molar-refractivity contribution < 1.29 is 22.5 Å². The summed E-state index contributed by atoms with van der Waals surface area (Å²) in [6.07, 6.45) is 0. The second-order valence-electron chi connectivity index (χ2n) is 8.53. The molecule has 0 aliphatic heterocycles. The lowest BCUT2D eigenvalue weighted by Crippen LogP contribution is -2.45. The Bertz CT molecular complexity index is 1270. The van der Waals surface area contributed by atoms with Gasteiger partial charge in [0.05, 0.1) is 24.6 Å². The van der Waals surface area contributed by atoms with E-state index in [9.17, 15) is 13.2 Å². The maximum absolute atomic E-state index is 13.2. The van der Waals surface area contributed by atoms with Crippen LogP contribution in [0.1, 0.15) is 34.9 Å². The maximum atomic E-state index is 13.2. The summed E-state index contributed by atoms with van der Waals surface area (Å²) in [5.41, 5.74) is 4.61. The first-order valence-electron chi connectivity index (χ1n) is 10.9. The molecular weight excluding hydrogens is 454 g/mol. The van der Waals surface area contributed by atoms with Gasteiger partial charge in [0.2, 0.25) is 15.9 Å². The first kappa shape index (κ1) is 25.5. The van der Waals surface area contributed by atoms with E-state index < -0.39 is 16.1 Å². The molecule has 0 saturated carbocycles. The van der Waals surface area contributed by atoms with E-state index in [0.29, 0.717) is 22.6 Å². The first-order chi connectivity index (χ1) is 15.9. The Morgan fingerprint density at radius 3 is 2.24 bits per heavy atom. The van der Waals surface area contributed by atoms with Gasteiger partial charge >= 0.3 is 0 Å². The van der Waals surface area contributed by atoms with Gasteiger partial charge in [0.1, 0.15) is 11.4 Å². The molecule has 0 bridgehead atoms. The van der Waals surface area contributed by atoms with E-state index in [2.05, 4.69) is 9.88 Å². The van der Waals surface area contributed by atoms with Crippen molar-refractivity contribution in [2.75, 3.05) is 14.2 Å². The number of aromatic nitrogens is 1. The summed E-state index contributed by atoms with van der Waals surface area (Å²) in [5.74, 6) is 0.837. The molecule has 0 radical (unpaired) electrons. The highest BCUT2D eigenvalue weighted by molar-refractivity contribution is 7.89. The van der Waals surface area contributed by atoms with Crippen LogP contribution in [0.25, 0.3) is 11.3 Å². The van der Waals surface area contributed by atoms with Crippen molar-refractivity contribution in [1.82, 2.24) is 14.8 Å². The van der Waals surface area contributed by atoms with Gasteiger partial charge < -0.3 is 14.2 Å². The molecule has 1 aromatic heterocycles. The number of amides is 1. The minimum atomic E-state index is -3.90. The molecule has 34 heavy (non-hydrogen) atoms. The zero-order chi connectivity index (χ0) is 25.2. The van der Waals surface area contributed by atoms with Gasteiger partial charge in [0.15, 0.2) is 5.76 Å². The number of ether oxygens (including phenoxy) is 1. The van der Waals surface area contributed by atoms with Crippen molar-refractivity contribution in [1.29, 1.82) is 0 Å². The minimum Gasteiger partial charge on any atom is -0.497 e. The second-order valence-corrected chi connectivity index (χ2v) is 10.2. The Balaban J connectivity index is 1.71. The van der Waals surface area contributed by atoms with E-state index in [-0.39, 0.29) is 17.3 Å². The van der Waals surface area contributed by atoms with E-state index in [0.717, 1.165) is 22.4 Å². The summed E-state index contributed by atoms with van der Waals surface area (Å²) in [5, 5.41) is 4.07. The molecule has 182 valence electrons. The molecule has 8 nitrogen and oxygen atoms in total. The molecule has 1 heterocycles. The Morgan fingerprint density at radius 1 is 1.09 bits per heavy atom. The maximum Gasteiger partial charge on any atom is 0.241 e. The molecule has 0 spiro atoms. The predicted molar refractivity (Wildman–Crippen MR) is 130 cm³/mol. The molecule has 0 aliphatic carbocycles. The van der Waals surface area contributed by atoms with Crippen molar-refractivity contribution in [3.63, 3.8) is 0 Å². The van der Waals surface area contributed by atoms with Crippen LogP contribution in [-0.4, -0.2) is 44.6 Å². The average molecular weight is 486 g/mol. The van der Waals surface area contributed by atoms with Gasteiger partial charge in [0.25, 0.3) is 0 Å². The van der Waals surface area contributed by atoms with Gasteiger partial charge in [-0.25, -0.2) is 8.42 Å². The number of rotatable bonds is 8. The molecule has 1 atom stereocenters. The summed E-state index contributed by atoms with van der Waals surface area (Å²) in [7, 11) is -0.707. The number of carbonyl (C=O) groups excluding carboxylic acids is 1. The minimum absolute atomic E-state index is 0.148. The van der Waals surface area contributed by atoms with Crippen LogP contribution in [0.3, 0.4) is 0 Å². The molecule has 1 amide bonds. The fourth-order valence-corrected chi connectivity index (χ4v) is 5.67. The smallest absolute Gasteiger partial charge is 0.241 e. The third kappa shape index (κ3) is 5.31. The van der Waals surface area contributed by atoms with Gasteiger partial charge in [-0.3, -0.25) is 4.79 Å². The van der Waals surface area contributed by atoms with E-state index in [1.54, 1.807) is 34.1 Å². The number of likely N-dealkylation sites (N-methyl/N-ethyl adjacent to an activating group) is 1. The van der Waals surface area contributed by atoms with Gasteiger partial charge in [-0.15, -0.1) is 0 Å². The lowest BCUT2D eigenvalue weighted by molar-refractivity contribution is -0.132. The molecule has 0 unspecified atom stereocenters. The Kier molecular flexibility index (Phi) is 7.48. The number of carbonyl (C=O) groups is 1. The van der Waals surface area contributed by atoms with Gasteiger partial charge in [-0.1, -0.05) is 11.2 Å². The van der Waals surface area contributed by atoms with Crippen LogP contribution >= 0.6 is 0 Å². The topological polar surface area (TPSA) is 102 Å². The summed E-state index contributed by atoms with van der Waals surface area (Å²) in [6, 6.07) is 10.1. The number of benzene rings is 2. The molecule has 0 aliphatic rings. The fraction of sp³-hybridized carbons (Fsp3) is 0.360. The van der Waals surface area contributed by atoms with E-state index in [4.69, 9.17) is 9.26 Å². The van der Waals surface area contributed by atoms with Crippen molar-refractivity contribution >= 4 is 15.9 Å². The number of aryl methyl sites for hydroxylation is 2. The van der Waals surface area contributed by atoms with Crippen LogP contribution in [0.15, 0.2) is 45.8 Å². The molecule has 0 saturated heterocycles. The number of nitrogens with one attached hydrogen (secondary N) is 1. The summed E-state index contributed by atoms with van der Waals surface area (Å²) >= 11 is 0. The van der Waals surface area contributed by atoms with Gasteiger partial charge in [-0.2, -0.15) is 4.72 Å². The summed E-state index contributed by atoms with van der Waals surface area (Å²) in [6.45, 7) is 8.99. The van der Waals surface area contributed by atoms with Crippen molar-refractivity contribution in [2.24, 2.45) is 0 Å². The highest BCUT2D eigenvalue weighted by Crippen LogP contribution is 2.26. The van der Waals surface area contributed by atoms with Crippen molar-refractivity contribution in [3.8, 4) is 17.0 Å². The quantitative estimate of drug-likeness (QED) is 0.519. The fourth-order valence-electron chi connectivity index (χ4n) is 3.85. The third-order valence-corrected chi connectivity index (χ3v) is 7.80. The molecule has 3 rings (SSSR count). The number of sulfonamides is 1.